The summed E-state index contributed by atoms with van der Waals surface area (Å²) in [6, 6.07) is 3.45. The molecular formula is C12H16N2O2. The van der Waals surface area contributed by atoms with Crippen LogP contribution in [0.1, 0.15) is 23.2 Å². The fourth-order valence-electron chi connectivity index (χ4n) is 1.84. The minimum absolute atomic E-state index is 0.285. The lowest BCUT2D eigenvalue weighted by Crippen LogP contribution is -2.25. The predicted octanol–water partition coefficient (Wildman–Crippen LogP) is 1.33. The number of carbonyl (C=O) groups is 1. The minimum atomic E-state index is -0.285. The Morgan fingerprint density at radius 3 is 2.94 bits per heavy atom. The van der Waals surface area contributed by atoms with Crippen molar-refractivity contribution in [3.05, 3.63) is 30.1 Å². The number of carbonyl (C=O) groups excluding carboxylic acids is 1. The molecule has 1 aromatic rings. The highest BCUT2D eigenvalue weighted by Crippen LogP contribution is 2.06. The first-order chi connectivity index (χ1) is 7.86. The maximum atomic E-state index is 11.5. The molecule has 1 aromatic heterocycles. The molecule has 16 heavy (non-hydrogen) atoms. The molecule has 1 fully saturated rings. The highest BCUT2D eigenvalue weighted by molar-refractivity contribution is 5.88. The third kappa shape index (κ3) is 3.03. The van der Waals surface area contributed by atoms with E-state index in [1.54, 1.807) is 18.3 Å². The molecule has 0 N–H and O–H groups in total. The molecule has 0 spiro atoms. The second kappa shape index (κ2) is 5.61. The SMILES string of the molecule is O=C(OCCN1CCCC1)c1cccnc1. The molecule has 0 bridgehead atoms. The van der Waals surface area contributed by atoms with E-state index in [9.17, 15) is 4.79 Å². The lowest BCUT2D eigenvalue weighted by Gasteiger charge is -2.13. The van der Waals surface area contributed by atoms with E-state index in [1.165, 1.54) is 19.0 Å². The van der Waals surface area contributed by atoms with E-state index in [-0.39, 0.29) is 5.97 Å². The van der Waals surface area contributed by atoms with Gasteiger partial charge in [0.1, 0.15) is 6.61 Å². The van der Waals surface area contributed by atoms with Crippen molar-refractivity contribution in [1.82, 2.24) is 9.88 Å². The van der Waals surface area contributed by atoms with E-state index in [2.05, 4.69) is 9.88 Å². The quantitative estimate of drug-likeness (QED) is 0.718. The molecular weight excluding hydrogens is 204 g/mol. The van der Waals surface area contributed by atoms with Crippen molar-refractivity contribution in [2.45, 2.75) is 12.8 Å². The number of aromatic nitrogens is 1. The van der Waals surface area contributed by atoms with Crippen LogP contribution in [-0.4, -0.2) is 42.1 Å². The van der Waals surface area contributed by atoms with Crippen LogP contribution < -0.4 is 0 Å². The first-order valence-corrected chi connectivity index (χ1v) is 5.66. The molecule has 1 aliphatic heterocycles. The molecule has 86 valence electrons. The minimum Gasteiger partial charge on any atom is -0.461 e. The van der Waals surface area contributed by atoms with Gasteiger partial charge in [0.25, 0.3) is 0 Å². The predicted molar refractivity (Wildman–Crippen MR) is 60.2 cm³/mol. The van der Waals surface area contributed by atoms with Gasteiger partial charge >= 0.3 is 5.97 Å². The molecule has 0 unspecified atom stereocenters. The topological polar surface area (TPSA) is 42.4 Å². The van der Waals surface area contributed by atoms with Gasteiger partial charge in [0, 0.05) is 18.9 Å². The molecule has 0 amide bonds. The van der Waals surface area contributed by atoms with Crippen molar-refractivity contribution in [2.75, 3.05) is 26.2 Å². The van der Waals surface area contributed by atoms with Crippen LogP contribution in [0.25, 0.3) is 0 Å². The van der Waals surface area contributed by atoms with Gasteiger partial charge in [-0.05, 0) is 38.1 Å². The Kier molecular flexibility index (Phi) is 3.88. The number of esters is 1. The monoisotopic (exact) mass is 220 g/mol. The standard InChI is InChI=1S/C12H16N2O2/c15-12(11-4-3-5-13-10-11)16-9-8-14-6-1-2-7-14/h3-5,10H,1-2,6-9H2. The molecule has 0 aromatic carbocycles. The van der Waals surface area contributed by atoms with Crippen LogP contribution in [0.5, 0.6) is 0 Å². The second-order valence-corrected chi connectivity index (χ2v) is 3.93. The van der Waals surface area contributed by atoms with Crippen molar-refractivity contribution in [1.29, 1.82) is 0 Å². The molecule has 0 aliphatic carbocycles. The van der Waals surface area contributed by atoms with E-state index in [0.29, 0.717) is 12.2 Å². The smallest absolute Gasteiger partial charge is 0.339 e. The van der Waals surface area contributed by atoms with Crippen LogP contribution in [-0.2, 0) is 4.74 Å². The molecule has 2 heterocycles. The summed E-state index contributed by atoms with van der Waals surface area (Å²) in [5, 5.41) is 0. The molecule has 1 saturated heterocycles. The summed E-state index contributed by atoms with van der Waals surface area (Å²) in [5.41, 5.74) is 0.518. The van der Waals surface area contributed by atoms with E-state index >= 15 is 0 Å². The van der Waals surface area contributed by atoms with Crippen LogP contribution in [0, 0.1) is 0 Å². The lowest BCUT2D eigenvalue weighted by atomic mass is 10.3. The number of nitrogens with zero attached hydrogens (tertiary/aromatic N) is 2. The zero-order valence-electron chi connectivity index (χ0n) is 9.26. The summed E-state index contributed by atoms with van der Waals surface area (Å²) in [5.74, 6) is -0.285. The van der Waals surface area contributed by atoms with Gasteiger partial charge < -0.3 is 4.74 Å². The number of hydrogen-bond acceptors (Lipinski definition) is 4. The molecule has 0 atom stereocenters. The van der Waals surface area contributed by atoms with Gasteiger partial charge in [-0.1, -0.05) is 0 Å². The highest BCUT2D eigenvalue weighted by atomic mass is 16.5. The van der Waals surface area contributed by atoms with Crippen molar-refractivity contribution in [3.8, 4) is 0 Å². The zero-order chi connectivity index (χ0) is 11.2. The van der Waals surface area contributed by atoms with Crippen molar-refractivity contribution in [3.63, 3.8) is 0 Å². The molecule has 1 aliphatic rings. The third-order valence-electron chi connectivity index (χ3n) is 2.74. The Labute approximate surface area is 95.2 Å². The summed E-state index contributed by atoms with van der Waals surface area (Å²) in [6.07, 6.45) is 5.69. The molecule has 4 heteroatoms. The van der Waals surface area contributed by atoms with E-state index in [1.807, 2.05) is 0 Å². The molecule has 2 rings (SSSR count). The Hall–Kier alpha value is -1.42. The largest absolute Gasteiger partial charge is 0.461 e. The molecule has 0 saturated carbocycles. The summed E-state index contributed by atoms with van der Waals surface area (Å²) in [4.78, 5) is 17.7. The summed E-state index contributed by atoms with van der Waals surface area (Å²) < 4.78 is 5.17. The fraction of sp³-hybridized carbons (Fsp3) is 0.500. The average molecular weight is 220 g/mol. The maximum absolute atomic E-state index is 11.5. The Morgan fingerprint density at radius 2 is 2.25 bits per heavy atom. The van der Waals surface area contributed by atoms with Gasteiger partial charge in [-0.25, -0.2) is 4.79 Å². The molecule has 4 nitrogen and oxygen atoms in total. The lowest BCUT2D eigenvalue weighted by molar-refractivity contribution is 0.0472. The fourth-order valence-corrected chi connectivity index (χ4v) is 1.84. The Bertz CT molecular complexity index is 334. The molecule has 0 radical (unpaired) electrons. The third-order valence-corrected chi connectivity index (χ3v) is 2.74. The van der Waals surface area contributed by atoms with Crippen molar-refractivity contribution >= 4 is 5.97 Å². The van der Waals surface area contributed by atoms with Gasteiger partial charge in [-0.2, -0.15) is 0 Å². The van der Waals surface area contributed by atoms with E-state index in [4.69, 9.17) is 4.74 Å². The van der Waals surface area contributed by atoms with Crippen LogP contribution in [0.3, 0.4) is 0 Å². The van der Waals surface area contributed by atoms with E-state index < -0.39 is 0 Å². The number of likely N-dealkylation sites (tertiary alicyclic amines) is 1. The van der Waals surface area contributed by atoms with Gasteiger partial charge in [0.2, 0.25) is 0 Å². The average Bonchev–Trinajstić information content (AvgIpc) is 2.83. The first-order valence-electron chi connectivity index (χ1n) is 5.66. The van der Waals surface area contributed by atoms with Crippen molar-refractivity contribution < 1.29 is 9.53 Å². The van der Waals surface area contributed by atoms with Gasteiger partial charge in [0.15, 0.2) is 0 Å². The van der Waals surface area contributed by atoms with Crippen LogP contribution in [0.2, 0.25) is 0 Å². The number of pyridine rings is 1. The van der Waals surface area contributed by atoms with Gasteiger partial charge in [-0.3, -0.25) is 9.88 Å². The summed E-state index contributed by atoms with van der Waals surface area (Å²) >= 11 is 0. The van der Waals surface area contributed by atoms with Crippen LogP contribution >= 0.6 is 0 Å². The highest BCUT2D eigenvalue weighted by Gasteiger charge is 2.12. The Balaban J connectivity index is 1.71. The van der Waals surface area contributed by atoms with Gasteiger partial charge in [0.05, 0.1) is 5.56 Å². The Morgan fingerprint density at radius 1 is 1.44 bits per heavy atom. The maximum Gasteiger partial charge on any atom is 0.339 e. The number of hydrogen-bond donors (Lipinski definition) is 0. The van der Waals surface area contributed by atoms with Crippen LogP contribution in [0.4, 0.5) is 0 Å². The number of rotatable bonds is 4. The second-order valence-electron chi connectivity index (χ2n) is 3.93. The van der Waals surface area contributed by atoms with Gasteiger partial charge in [-0.15, -0.1) is 0 Å². The summed E-state index contributed by atoms with van der Waals surface area (Å²) in [6.45, 7) is 3.56. The van der Waals surface area contributed by atoms with Crippen molar-refractivity contribution in [2.24, 2.45) is 0 Å². The zero-order valence-corrected chi connectivity index (χ0v) is 9.26. The van der Waals surface area contributed by atoms with Crippen LogP contribution in [0.15, 0.2) is 24.5 Å². The first kappa shape index (κ1) is 11.1. The van der Waals surface area contributed by atoms with E-state index in [0.717, 1.165) is 19.6 Å². The summed E-state index contributed by atoms with van der Waals surface area (Å²) in [7, 11) is 0. The number of ether oxygens (including phenoxy) is 1. The normalized spacial score (nSPS) is 16.2.